The van der Waals surface area contributed by atoms with Crippen molar-refractivity contribution >= 4 is 11.9 Å². The van der Waals surface area contributed by atoms with Gasteiger partial charge in [-0.1, -0.05) is 59.3 Å². The molecule has 0 aliphatic heterocycles. The average molecular weight is 394 g/mol. The summed E-state index contributed by atoms with van der Waals surface area (Å²) in [6.45, 7) is 5.97. The number of unbranched alkanes of at least 4 members (excludes halogenated alkanes) is 6. The Balaban J connectivity index is 2.02. The van der Waals surface area contributed by atoms with Gasteiger partial charge in [0.05, 0.1) is 7.11 Å². The van der Waals surface area contributed by atoms with E-state index in [0.29, 0.717) is 0 Å². The Morgan fingerprint density at radius 1 is 0.964 bits per heavy atom. The van der Waals surface area contributed by atoms with E-state index >= 15 is 0 Å². The first-order valence-electron chi connectivity index (χ1n) is 10.8. The number of aryl methyl sites for hydroxylation is 2. The van der Waals surface area contributed by atoms with Crippen molar-refractivity contribution in [3.05, 3.63) is 23.7 Å². The van der Waals surface area contributed by atoms with Gasteiger partial charge in [0.15, 0.2) is 0 Å². The summed E-state index contributed by atoms with van der Waals surface area (Å²) in [6, 6.07) is 4.23. The van der Waals surface area contributed by atoms with Crippen molar-refractivity contribution in [2.75, 3.05) is 13.7 Å². The molecule has 1 aromatic heterocycles. The predicted octanol–water partition coefficient (Wildman–Crippen LogP) is 5.21. The van der Waals surface area contributed by atoms with Gasteiger partial charge in [0, 0.05) is 18.3 Å². The number of esters is 1. The molecule has 0 fully saturated rings. The van der Waals surface area contributed by atoms with Crippen molar-refractivity contribution in [3.8, 4) is 0 Å². The van der Waals surface area contributed by atoms with Crippen LogP contribution in [0.15, 0.2) is 16.5 Å². The molecule has 0 spiro atoms. The van der Waals surface area contributed by atoms with E-state index in [1.807, 2.05) is 13.8 Å². The lowest BCUT2D eigenvalue weighted by Gasteiger charge is -2.23. The van der Waals surface area contributed by atoms with E-state index in [1.165, 1.54) is 39.2 Å². The van der Waals surface area contributed by atoms with E-state index in [1.54, 1.807) is 0 Å². The van der Waals surface area contributed by atoms with Crippen molar-refractivity contribution in [3.63, 3.8) is 0 Å². The molecule has 0 bridgehead atoms. The third kappa shape index (κ3) is 9.95. The molecule has 1 aromatic rings. The van der Waals surface area contributed by atoms with E-state index in [2.05, 4.69) is 29.1 Å². The number of rotatable bonds is 15. The SMILES string of the molecule is CCCc1ccc(CCCCCCCCCC(C)(C)C(=O)NCC(=O)OC)o1. The molecule has 5 heteroatoms. The Hall–Kier alpha value is -1.78. The molecule has 1 rings (SSSR count). The third-order valence-corrected chi connectivity index (χ3v) is 5.17. The number of furan rings is 1. The maximum Gasteiger partial charge on any atom is 0.325 e. The topological polar surface area (TPSA) is 68.5 Å². The van der Waals surface area contributed by atoms with Crippen molar-refractivity contribution in [2.45, 2.75) is 91.4 Å². The highest BCUT2D eigenvalue weighted by Gasteiger charge is 2.27. The second kappa shape index (κ2) is 13.4. The van der Waals surface area contributed by atoms with Crippen LogP contribution in [0.1, 0.15) is 90.1 Å². The van der Waals surface area contributed by atoms with Crippen LogP contribution >= 0.6 is 0 Å². The highest BCUT2D eigenvalue weighted by molar-refractivity contribution is 5.85. The molecule has 1 N–H and O–H groups in total. The number of nitrogens with one attached hydrogen (secondary N) is 1. The number of ether oxygens (including phenoxy) is 1. The number of hydrogen-bond acceptors (Lipinski definition) is 4. The van der Waals surface area contributed by atoms with Gasteiger partial charge in [0.2, 0.25) is 5.91 Å². The van der Waals surface area contributed by atoms with E-state index in [4.69, 9.17) is 4.42 Å². The minimum Gasteiger partial charge on any atom is -0.468 e. The lowest BCUT2D eigenvalue weighted by Crippen LogP contribution is -2.39. The first-order chi connectivity index (χ1) is 13.4. The third-order valence-electron chi connectivity index (χ3n) is 5.17. The van der Waals surface area contributed by atoms with E-state index in [9.17, 15) is 9.59 Å². The standard InChI is InChI=1S/C23H39NO4/c1-5-13-19-15-16-20(28-19)14-11-9-7-6-8-10-12-17-23(2,3)22(26)24-18-21(25)27-4/h15-16H,5-14,17-18H2,1-4H3,(H,24,26). The second-order valence-corrected chi connectivity index (χ2v) is 8.24. The molecule has 1 heterocycles. The van der Waals surface area contributed by atoms with E-state index in [0.717, 1.165) is 50.0 Å². The summed E-state index contributed by atoms with van der Waals surface area (Å²) >= 11 is 0. The fourth-order valence-electron chi connectivity index (χ4n) is 3.26. The molecule has 160 valence electrons. The number of carbonyl (C=O) groups excluding carboxylic acids is 2. The van der Waals surface area contributed by atoms with Gasteiger partial charge in [-0.05, 0) is 31.4 Å². The highest BCUT2D eigenvalue weighted by Crippen LogP contribution is 2.24. The Morgan fingerprint density at radius 3 is 2.14 bits per heavy atom. The molecule has 0 radical (unpaired) electrons. The van der Waals surface area contributed by atoms with Crippen molar-refractivity contribution < 1.29 is 18.7 Å². The van der Waals surface area contributed by atoms with Crippen LogP contribution in [-0.2, 0) is 27.2 Å². The zero-order valence-corrected chi connectivity index (χ0v) is 18.3. The molecule has 0 aliphatic rings. The van der Waals surface area contributed by atoms with Gasteiger partial charge in [0.1, 0.15) is 18.1 Å². The van der Waals surface area contributed by atoms with Gasteiger partial charge in [0.25, 0.3) is 0 Å². The maximum absolute atomic E-state index is 12.2. The largest absolute Gasteiger partial charge is 0.468 e. The lowest BCUT2D eigenvalue weighted by molar-refractivity contribution is -0.142. The Kier molecular flexibility index (Phi) is 11.6. The van der Waals surface area contributed by atoms with Crippen LogP contribution in [0.2, 0.25) is 0 Å². The van der Waals surface area contributed by atoms with Gasteiger partial charge in [-0.3, -0.25) is 9.59 Å². The fraction of sp³-hybridized carbons (Fsp3) is 0.739. The Morgan fingerprint density at radius 2 is 1.54 bits per heavy atom. The maximum atomic E-state index is 12.2. The highest BCUT2D eigenvalue weighted by atomic mass is 16.5. The zero-order valence-electron chi connectivity index (χ0n) is 18.3. The molecule has 0 aliphatic carbocycles. The van der Waals surface area contributed by atoms with Gasteiger partial charge in [-0.15, -0.1) is 0 Å². The molecule has 5 nitrogen and oxygen atoms in total. The molecular formula is C23H39NO4. The average Bonchev–Trinajstić information content (AvgIpc) is 3.12. The van der Waals surface area contributed by atoms with Crippen LogP contribution in [0, 0.1) is 5.41 Å². The summed E-state index contributed by atoms with van der Waals surface area (Å²) in [5.74, 6) is 1.73. The molecule has 28 heavy (non-hydrogen) atoms. The predicted molar refractivity (Wildman–Crippen MR) is 112 cm³/mol. The summed E-state index contributed by atoms with van der Waals surface area (Å²) < 4.78 is 10.4. The molecular weight excluding hydrogens is 354 g/mol. The van der Waals surface area contributed by atoms with Crippen LogP contribution < -0.4 is 5.32 Å². The van der Waals surface area contributed by atoms with Crippen molar-refractivity contribution in [1.82, 2.24) is 5.32 Å². The van der Waals surface area contributed by atoms with Crippen LogP contribution in [0.5, 0.6) is 0 Å². The van der Waals surface area contributed by atoms with Crippen LogP contribution in [0.4, 0.5) is 0 Å². The summed E-state index contributed by atoms with van der Waals surface area (Å²) in [5, 5.41) is 2.65. The van der Waals surface area contributed by atoms with Gasteiger partial charge in [-0.25, -0.2) is 0 Å². The van der Waals surface area contributed by atoms with E-state index in [-0.39, 0.29) is 12.5 Å². The molecule has 0 saturated heterocycles. The minimum absolute atomic E-state index is 0.0588. The van der Waals surface area contributed by atoms with E-state index < -0.39 is 11.4 Å². The summed E-state index contributed by atoms with van der Waals surface area (Å²) in [4.78, 5) is 23.3. The molecule has 0 atom stereocenters. The normalized spacial score (nSPS) is 11.4. The number of methoxy groups -OCH3 is 1. The van der Waals surface area contributed by atoms with Gasteiger partial charge < -0.3 is 14.5 Å². The monoisotopic (exact) mass is 393 g/mol. The first kappa shape index (κ1) is 24.3. The summed E-state index contributed by atoms with van der Waals surface area (Å²) in [5.41, 5.74) is -0.451. The fourth-order valence-corrected chi connectivity index (χ4v) is 3.26. The van der Waals surface area contributed by atoms with Crippen LogP contribution in [0.25, 0.3) is 0 Å². The Bertz CT molecular complexity index is 577. The molecule has 0 aromatic carbocycles. The van der Waals surface area contributed by atoms with Gasteiger partial charge in [-0.2, -0.15) is 0 Å². The molecule has 0 unspecified atom stereocenters. The second-order valence-electron chi connectivity index (χ2n) is 8.24. The number of hydrogen-bond donors (Lipinski definition) is 1. The van der Waals surface area contributed by atoms with Crippen molar-refractivity contribution in [1.29, 1.82) is 0 Å². The Labute approximate surface area is 170 Å². The van der Waals surface area contributed by atoms with Crippen LogP contribution in [0.3, 0.4) is 0 Å². The smallest absolute Gasteiger partial charge is 0.325 e. The summed E-state index contributed by atoms with van der Waals surface area (Å²) in [7, 11) is 1.32. The van der Waals surface area contributed by atoms with Crippen LogP contribution in [-0.4, -0.2) is 25.5 Å². The number of carbonyl (C=O) groups is 2. The zero-order chi connectivity index (χ0) is 20.8. The summed E-state index contributed by atoms with van der Waals surface area (Å²) in [6.07, 6.45) is 12.3. The lowest BCUT2D eigenvalue weighted by atomic mass is 9.85. The molecule has 1 amide bonds. The number of amides is 1. The van der Waals surface area contributed by atoms with Crippen molar-refractivity contribution in [2.24, 2.45) is 5.41 Å². The minimum atomic E-state index is -0.451. The molecule has 0 saturated carbocycles. The quantitative estimate of drug-likeness (QED) is 0.328. The van der Waals surface area contributed by atoms with Gasteiger partial charge >= 0.3 is 5.97 Å². The first-order valence-corrected chi connectivity index (χ1v) is 10.8.